The molecular formula is C17H20O. The van der Waals surface area contributed by atoms with Crippen LogP contribution in [0.2, 0.25) is 0 Å². The Morgan fingerprint density at radius 1 is 1.00 bits per heavy atom. The van der Waals surface area contributed by atoms with E-state index in [1.165, 1.54) is 16.7 Å². The number of rotatable bonds is 4. The monoisotopic (exact) mass is 240 g/mol. The third kappa shape index (κ3) is 3.21. The molecule has 0 aliphatic carbocycles. The van der Waals surface area contributed by atoms with Crippen molar-refractivity contribution >= 4 is 0 Å². The van der Waals surface area contributed by atoms with E-state index < -0.39 is 0 Å². The van der Waals surface area contributed by atoms with Gasteiger partial charge in [-0.2, -0.15) is 0 Å². The molecule has 1 heteroatoms. The molecule has 2 aromatic rings. The van der Waals surface area contributed by atoms with Crippen LogP contribution in [0.1, 0.15) is 34.8 Å². The van der Waals surface area contributed by atoms with Gasteiger partial charge in [0.05, 0.1) is 6.10 Å². The van der Waals surface area contributed by atoms with Crippen LogP contribution in [-0.2, 0) is 6.42 Å². The van der Waals surface area contributed by atoms with Gasteiger partial charge in [0.1, 0.15) is 0 Å². The van der Waals surface area contributed by atoms with Crippen molar-refractivity contribution in [1.82, 2.24) is 0 Å². The van der Waals surface area contributed by atoms with E-state index in [9.17, 15) is 5.11 Å². The van der Waals surface area contributed by atoms with Crippen LogP contribution < -0.4 is 0 Å². The Balaban J connectivity index is 2.01. The minimum atomic E-state index is -0.369. The van der Waals surface area contributed by atoms with E-state index in [4.69, 9.17) is 0 Å². The third-order valence-corrected chi connectivity index (χ3v) is 3.38. The molecule has 2 aromatic carbocycles. The smallest absolute Gasteiger partial charge is 0.0793 e. The summed E-state index contributed by atoms with van der Waals surface area (Å²) in [5.41, 5.74) is 4.93. The van der Waals surface area contributed by atoms with Crippen molar-refractivity contribution in [1.29, 1.82) is 0 Å². The first-order chi connectivity index (χ1) is 8.66. The zero-order chi connectivity index (χ0) is 13.0. The second kappa shape index (κ2) is 5.83. The highest BCUT2D eigenvalue weighted by molar-refractivity contribution is 5.30. The second-order valence-electron chi connectivity index (χ2n) is 4.90. The van der Waals surface area contributed by atoms with Crippen molar-refractivity contribution in [2.75, 3.05) is 0 Å². The minimum absolute atomic E-state index is 0.369. The molecule has 0 heterocycles. The van der Waals surface area contributed by atoms with E-state index in [2.05, 4.69) is 32.0 Å². The molecule has 0 saturated heterocycles. The molecule has 0 aliphatic heterocycles. The molecule has 0 amide bonds. The Morgan fingerprint density at radius 3 is 2.44 bits per heavy atom. The van der Waals surface area contributed by atoms with Crippen molar-refractivity contribution in [3.63, 3.8) is 0 Å². The summed E-state index contributed by atoms with van der Waals surface area (Å²) in [5.74, 6) is 0. The van der Waals surface area contributed by atoms with Gasteiger partial charge in [0.2, 0.25) is 0 Å². The van der Waals surface area contributed by atoms with Gasteiger partial charge in [0, 0.05) is 0 Å². The van der Waals surface area contributed by atoms with Crippen LogP contribution in [0.25, 0.3) is 0 Å². The molecule has 0 saturated carbocycles. The van der Waals surface area contributed by atoms with Gasteiger partial charge in [-0.3, -0.25) is 0 Å². The summed E-state index contributed by atoms with van der Waals surface area (Å²) in [6, 6.07) is 16.4. The van der Waals surface area contributed by atoms with E-state index in [1.807, 2.05) is 30.3 Å². The zero-order valence-electron chi connectivity index (χ0n) is 11.1. The molecule has 0 fully saturated rings. The van der Waals surface area contributed by atoms with Crippen molar-refractivity contribution in [3.05, 3.63) is 70.8 Å². The molecular weight excluding hydrogens is 220 g/mol. The fourth-order valence-electron chi connectivity index (χ4n) is 2.20. The van der Waals surface area contributed by atoms with Crippen molar-refractivity contribution < 1.29 is 5.11 Å². The number of aryl methyl sites for hydroxylation is 3. The Labute approximate surface area is 109 Å². The highest BCUT2D eigenvalue weighted by atomic mass is 16.3. The van der Waals surface area contributed by atoms with E-state index in [0.717, 1.165) is 18.4 Å². The number of aliphatic hydroxyl groups excluding tert-OH is 1. The Kier molecular flexibility index (Phi) is 4.16. The maximum absolute atomic E-state index is 10.1. The lowest BCUT2D eigenvalue weighted by Crippen LogP contribution is -2.00. The van der Waals surface area contributed by atoms with Gasteiger partial charge < -0.3 is 5.11 Å². The third-order valence-electron chi connectivity index (χ3n) is 3.38. The number of benzene rings is 2. The molecule has 18 heavy (non-hydrogen) atoms. The highest BCUT2D eigenvalue weighted by Gasteiger charge is 2.08. The Morgan fingerprint density at radius 2 is 1.72 bits per heavy atom. The summed E-state index contributed by atoms with van der Waals surface area (Å²) in [6.45, 7) is 4.24. The van der Waals surface area contributed by atoms with Crippen molar-refractivity contribution in [3.8, 4) is 0 Å². The zero-order valence-corrected chi connectivity index (χ0v) is 11.1. The van der Waals surface area contributed by atoms with Crippen molar-refractivity contribution in [2.45, 2.75) is 32.8 Å². The molecule has 0 spiro atoms. The second-order valence-corrected chi connectivity index (χ2v) is 4.90. The SMILES string of the molecule is Cc1ccc(C)c(CCC(O)c2ccccc2)c1. The van der Waals surface area contributed by atoms with Crippen LogP contribution in [-0.4, -0.2) is 5.11 Å². The number of hydrogen-bond acceptors (Lipinski definition) is 1. The summed E-state index contributed by atoms with van der Waals surface area (Å²) in [7, 11) is 0. The molecule has 1 atom stereocenters. The average Bonchev–Trinajstić information content (AvgIpc) is 2.40. The highest BCUT2D eigenvalue weighted by Crippen LogP contribution is 2.20. The summed E-state index contributed by atoms with van der Waals surface area (Å²) in [4.78, 5) is 0. The summed E-state index contributed by atoms with van der Waals surface area (Å²) in [6.07, 6.45) is 1.32. The quantitative estimate of drug-likeness (QED) is 0.857. The van der Waals surface area contributed by atoms with E-state index in [0.29, 0.717) is 0 Å². The summed E-state index contributed by atoms with van der Waals surface area (Å²) in [5, 5.41) is 10.1. The van der Waals surface area contributed by atoms with Gasteiger partial charge in [-0.25, -0.2) is 0 Å². The molecule has 94 valence electrons. The summed E-state index contributed by atoms with van der Waals surface area (Å²) >= 11 is 0. The lowest BCUT2D eigenvalue weighted by Gasteiger charge is -2.12. The lowest BCUT2D eigenvalue weighted by atomic mass is 9.97. The molecule has 0 aliphatic rings. The molecule has 1 nitrogen and oxygen atoms in total. The number of hydrogen-bond donors (Lipinski definition) is 1. The van der Waals surface area contributed by atoms with Gasteiger partial charge in [0.25, 0.3) is 0 Å². The maximum Gasteiger partial charge on any atom is 0.0793 e. The minimum Gasteiger partial charge on any atom is -0.388 e. The first kappa shape index (κ1) is 12.8. The number of aliphatic hydroxyl groups is 1. The fourth-order valence-corrected chi connectivity index (χ4v) is 2.20. The summed E-state index contributed by atoms with van der Waals surface area (Å²) < 4.78 is 0. The fraction of sp³-hybridized carbons (Fsp3) is 0.294. The van der Waals surface area contributed by atoms with Gasteiger partial charge in [0.15, 0.2) is 0 Å². The van der Waals surface area contributed by atoms with Crippen LogP contribution in [0.4, 0.5) is 0 Å². The first-order valence-corrected chi connectivity index (χ1v) is 6.46. The van der Waals surface area contributed by atoms with Crippen LogP contribution >= 0.6 is 0 Å². The van der Waals surface area contributed by atoms with Crippen LogP contribution in [0, 0.1) is 13.8 Å². The molecule has 0 aromatic heterocycles. The topological polar surface area (TPSA) is 20.2 Å². The maximum atomic E-state index is 10.1. The lowest BCUT2D eigenvalue weighted by molar-refractivity contribution is 0.168. The van der Waals surface area contributed by atoms with Crippen LogP contribution in [0.3, 0.4) is 0 Å². The largest absolute Gasteiger partial charge is 0.388 e. The molecule has 1 N–H and O–H groups in total. The van der Waals surface area contributed by atoms with Crippen molar-refractivity contribution in [2.24, 2.45) is 0 Å². The van der Waals surface area contributed by atoms with Gasteiger partial charge in [-0.1, -0.05) is 54.1 Å². The van der Waals surface area contributed by atoms with E-state index >= 15 is 0 Å². The van der Waals surface area contributed by atoms with Crippen LogP contribution in [0.5, 0.6) is 0 Å². The molecule has 0 radical (unpaired) electrons. The van der Waals surface area contributed by atoms with Crippen LogP contribution in [0.15, 0.2) is 48.5 Å². The average molecular weight is 240 g/mol. The molecule has 1 unspecified atom stereocenters. The molecule has 2 rings (SSSR count). The van der Waals surface area contributed by atoms with Gasteiger partial charge in [-0.05, 0) is 43.4 Å². The predicted molar refractivity (Wildman–Crippen MR) is 75.6 cm³/mol. The first-order valence-electron chi connectivity index (χ1n) is 6.46. The molecule has 0 bridgehead atoms. The van der Waals surface area contributed by atoms with Gasteiger partial charge >= 0.3 is 0 Å². The normalized spacial score (nSPS) is 12.4. The Bertz CT molecular complexity index is 502. The van der Waals surface area contributed by atoms with Gasteiger partial charge in [-0.15, -0.1) is 0 Å². The Hall–Kier alpha value is -1.60. The van der Waals surface area contributed by atoms with E-state index in [-0.39, 0.29) is 6.10 Å². The van der Waals surface area contributed by atoms with E-state index in [1.54, 1.807) is 0 Å². The predicted octanol–water partition coefficient (Wildman–Crippen LogP) is 3.97. The standard InChI is InChI=1S/C17H20O/c1-13-8-9-14(2)16(12-13)10-11-17(18)15-6-4-3-5-7-15/h3-9,12,17-18H,10-11H2,1-2H3.